The molecule has 1 aliphatic carbocycles. The number of esters is 5. The molecule has 33 heteroatoms. The molecule has 0 N–H and O–H groups in total. The fraction of sp³-hybridized carbons (Fsp3) is 0.732. The second-order valence-corrected chi connectivity index (χ2v) is 16.9. The number of benzene rings is 1. The summed E-state index contributed by atoms with van der Waals surface area (Å²) in [4.78, 5) is 77.2. The van der Waals surface area contributed by atoms with Crippen molar-refractivity contribution in [3.8, 4) is 0 Å². The Hall–Kier alpha value is -7.23. The molecular formula is C41H52FN15O17. The maximum absolute atomic E-state index is 16.7. The lowest BCUT2D eigenvalue weighted by Crippen LogP contribution is -2.63. The van der Waals surface area contributed by atoms with E-state index in [1.54, 1.807) is 30.3 Å². The Morgan fingerprint density at radius 2 is 1.07 bits per heavy atom. The fourth-order valence-corrected chi connectivity index (χ4v) is 8.75. The molecule has 4 fully saturated rings. The Morgan fingerprint density at radius 3 is 1.65 bits per heavy atom. The van der Waals surface area contributed by atoms with E-state index in [4.69, 9.17) is 62.4 Å². The smallest absolute Gasteiger partial charge is 0.303 e. The molecule has 0 bridgehead atoms. The zero-order chi connectivity index (χ0) is 54.1. The number of rotatable bonds is 22. The molecule has 32 nitrogen and oxygen atoms in total. The largest absolute Gasteiger partial charge is 0.463 e. The lowest BCUT2D eigenvalue weighted by atomic mass is 9.83. The molecule has 0 spiro atoms. The zero-order valence-electron chi connectivity index (χ0n) is 40.4. The third-order valence-electron chi connectivity index (χ3n) is 11.8. The van der Waals surface area contributed by atoms with Crippen molar-refractivity contribution < 1.29 is 85.2 Å². The molecule has 3 saturated heterocycles. The summed E-state index contributed by atoms with van der Waals surface area (Å²) in [7, 11) is 0. The molecule has 400 valence electrons. The number of ether oxygens (including phenoxy) is 12. The summed E-state index contributed by atoms with van der Waals surface area (Å²) in [5.74, 6) is -5.67. The van der Waals surface area contributed by atoms with E-state index >= 15 is 4.39 Å². The first-order chi connectivity index (χ1) is 35.4. The van der Waals surface area contributed by atoms with Crippen molar-refractivity contribution in [2.45, 2.75) is 165 Å². The van der Waals surface area contributed by atoms with Crippen LogP contribution in [0.2, 0.25) is 0 Å². The minimum Gasteiger partial charge on any atom is -0.463 e. The van der Waals surface area contributed by atoms with Crippen molar-refractivity contribution in [3.05, 3.63) is 88.1 Å². The Balaban J connectivity index is 1.65. The second-order valence-electron chi connectivity index (χ2n) is 16.9. The minimum absolute atomic E-state index is 0.170. The lowest BCUT2D eigenvalue weighted by molar-refractivity contribution is -0.324. The lowest BCUT2D eigenvalue weighted by Gasteiger charge is -2.48. The van der Waals surface area contributed by atoms with E-state index in [-0.39, 0.29) is 13.2 Å². The number of carbonyl (C=O) groups is 5. The molecule has 1 saturated carbocycles. The average Bonchev–Trinajstić information content (AvgIpc) is 3.65. The van der Waals surface area contributed by atoms with E-state index in [1.807, 2.05) is 0 Å². The third-order valence-corrected chi connectivity index (χ3v) is 11.8. The number of hydrogen-bond donors (Lipinski definition) is 0. The third kappa shape index (κ3) is 15.2. The minimum atomic E-state index is -1.96. The first-order valence-corrected chi connectivity index (χ1v) is 22.6. The van der Waals surface area contributed by atoms with Gasteiger partial charge in [-0.2, -0.15) is 0 Å². The molecule has 1 aromatic carbocycles. The first kappa shape index (κ1) is 57.7. The van der Waals surface area contributed by atoms with Gasteiger partial charge < -0.3 is 56.8 Å². The van der Waals surface area contributed by atoms with E-state index < -0.39 is 166 Å². The molecule has 3 heterocycles. The van der Waals surface area contributed by atoms with Crippen molar-refractivity contribution in [2.24, 2.45) is 31.5 Å². The van der Waals surface area contributed by atoms with E-state index in [0.717, 1.165) is 34.6 Å². The summed E-state index contributed by atoms with van der Waals surface area (Å²) < 4.78 is 88.6. The molecule has 19 atom stereocenters. The molecular weight excluding hydrogens is 994 g/mol. The molecule has 5 rings (SSSR count). The van der Waals surface area contributed by atoms with Crippen LogP contribution in [0, 0.1) is 5.92 Å². The van der Waals surface area contributed by atoms with Crippen molar-refractivity contribution in [1.29, 1.82) is 0 Å². The van der Waals surface area contributed by atoms with Gasteiger partial charge in [-0.1, -0.05) is 62.8 Å². The number of halogens is 1. The van der Waals surface area contributed by atoms with Gasteiger partial charge in [-0.05, 0) is 39.6 Å². The fourth-order valence-electron chi connectivity index (χ4n) is 8.75. The monoisotopic (exact) mass is 1050 g/mol. The van der Waals surface area contributed by atoms with Crippen LogP contribution in [0.1, 0.15) is 53.5 Å². The summed E-state index contributed by atoms with van der Waals surface area (Å²) in [5.41, 5.74) is 48.3. The van der Waals surface area contributed by atoms with E-state index in [1.165, 1.54) is 6.92 Å². The number of alkyl halides is 1. The summed E-state index contributed by atoms with van der Waals surface area (Å²) in [6, 6.07) is 4.02. The van der Waals surface area contributed by atoms with Crippen LogP contribution in [0.4, 0.5) is 4.39 Å². The molecule has 3 aliphatic heterocycles. The van der Waals surface area contributed by atoms with Crippen molar-refractivity contribution in [2.75, 3.05) is 19.7 Å². The average molecular weight is 1050 g/mol. The van der Waals surface area contributed by atoms with Crippen molar-refractivity contribution in [3.63, 3.8) is 0 Å². The normalized spacial score (nSPS) is 34.2. The predicted molar refractivity (Wildman–Crippen MR) is 240 cm³/mol. The van der Waals surface area contributed by atoms with Crippen LogP contribution in [0.5, 0.6) is 0 Å². The predicted octanol–water partition coefficient (Wildman–Crippen LogP) is 5.23. The summed E-state index contributed by atoms with van der Waals surface area (Å²) in [6.07, 6.45) is -25.8. The van der Waals surface area contributed by atoms with Crippen LogP contribution in [0.3, 0.4) is 0 Å². The van der Waals surface area contributed by atoms with Gasteiger partial charge in [-0.25, -0.2) is 4.39 Å². The van der Waals surface area contributed by atoms with Gasteiger partial charge >= 0.3 is 29.8 Å². The van der Waals surface area contributed by atoms with Crippen molar-refractivity contribution >= 4 is 29.8 Å². The maximum Gasteiger partial charge on any atom is 0.303 e. The van der Waals surface area contributed by atoms with Gasteiger partial charge in [0.05, 0.1) is 44.0 Å². The Labute approximate surface area is 418 Å². The molecule has 0 unspecified atom stereocenters. The standard InChI is InChI=1S/C41H52FN15O17/c1-17-26(13-48-53-43)69-40(35(29(17)42)64-15-23-10-8-7-9-11-23)72-32-25(51-56-46)12-24(50-55-45)31(65-19(3)59)37(32)74-41-38(68-22(6)62)34(28(71-41)16-63-18(2)58)73-39-30(52-57-47)36(67-21(5)61)33(66-20(4)60)27(70-39)14-49-54-44/h7-11,17,24-41H,12-16H2,1-6H3/t17-,24-,25+,26-,27+,28-,29+,30-,31+,32-,33-,34-,35-,36-,37-,38-,39-,40-,41+/m1/s1. The Morgan fingerprint density at radius 1 is 0.568 bits per heavy atom. The van der Waals surface area contributed by atoms with Gasteiger partial charge in [0, 0.05) is 65.1 Å². The number of carbonyl (C=O) groups excluding carboxylic acids is 5. The molecule has 1 aromatic rings. The zero-order valence-corrected chi connectivity index (χ0v) is 40.4. The highest BCUT2D eigenvalue weighted by Crippen LogP contribution is 2.41. The number of azide groups is 5. The number of nitrogens with zero attached hydrogens (tertiary/aromatic N) is 15. The Kier molecular flexibility index (Phi) is 21.6. The van der Waals surface area contributed by atoms with Crippen LogP contribution < -0.4 is 0 Å². The van der Waals surface area contributed by atoms with Gasteiger partial charge in [0.2, 0.25) is 0 Å². The summed E-state index contributed by atoms with van der Waals surface area (Å²) >= 11 is 0. The van der Waals surface area contributed by atoms with Crippen LogP contribution in [-0.4, -0.2) is 160 Å². The van der Waals surface area contributed by atoms with E-state index in [9.17, 15) is 46.1 Å². The highest BCUT2D eigenvalue weighted by Gasteiger charge is 2.59. The maximum atomic E-state index is 16.7. The summed E-state index contributed by atoms with van der Waals surface area (Å²) in [5, 5.41) is 18.4. The molecule has 0 radical (unpaired) electrons. The molecule has 0 aromatic heterocycles. The van der Waals surface area contributed by atoms with E-state index in [2.05, 4.69) is 50.1 Å². The van der Waals surface area contributed by atoms with Gasteiger partial charge in [-0.15, -0.1) is 0 Å². The quantitative estimate of drug-likeness (QED) is 0.0471. The van der Waals surface area contributed by atoms with Gasteiger partial charge in [0.15, 0.2) is 37.2 Å². The van der Waals surface area contributed by atoms with E-state index in [0.29, 0.717) is 5.56 Å². The van der Waals surface area contributed by atoms with Crippen LogP contribution in [-0.2, 0) is 87.4 Å². The first-order valence-electron chi connectivity index (χ1n) is 22.6. The molecule has 0 amide bonds. The molecule has 74 heavy (non-hydrogen) atoms. The number of hydrogen-bond acceptors (Lipinski definition) is 22. The second kappa shape index (κ2) is 27.7. The Bertz CT molecular complexity index is 2400. The van der Waals surface area contributed by atoms with Crippen LogP contribution >= 0.6 is 0 Å². The van der Waals surface area contributed by atoms with Gasteiger partial charge in [-0.3, -0.25) is 24.0 Å². The van der Waals surface area contributed by atoms with Crippen LogP contribution in [0.25, 0.3) is 52.2 Å². The van der Waals surface area contributed by atoms with Crippen molar-refractivity contribution in [1.82, 2.24) is 0 Å². The highest BCUT2D eigenvalue weighted by atomic mass is 19.1. The van der Waals surface area contributed by atoms with Crippen LogP contribution in [0.15, 0.2) is 55.9 Å². The highest BCUT2D eigenvalue weighted by molar-refractivity contribution is 5.68. The van der Waals surface area contributed by atoms with Gasteiger partial charge in [0.1, 0.15) is 55.4 Å². The molecule has 4 aliphatic rings. The summed E-state index contributed by atoms with van der Waals surface area (Å²) in [6.45, 7) is 4.68. The SMILES string of the molecule is CC(=O)OC[C@H]1O[C@@H](O[C@@H]2[C@@H](OC(C)=O)[C@H](N=[N+]=[N-])C[C@H](N=[N+]=[N-])[C@H]2O[C@H]2O[C@H](CN=[N+]=[N-])[C@@H](C)[C@H](F)[C@H]2OCc2ccccc2)[C@H](OC(C)=O)[C@@H]1O[C@H]1O[C@@H](CN=[N+]=[N-])[C@@H](OC(C)=O)[C@H](OC(C)=O)[C@H]1N=[N+]=[N-]. The van der Waals surface area contributed by atoms with Gasteiger partial charge in [0.25, 0.3) is 0 Å². The topological polar surface area (TPSA) is 440 Å².